The van der Waals surface area contributed by atoms with Gasteiger partial charge in [-0.3, -0.25) is 4.98 Å². The highest BCUT2D eigenvalue weighted by atomic mass is 16.6. The number of amides is 1. The maximum Gasteiger partial charge on any atom is 0.410 e. The summed E-state index contributed by atoms with van der Waals surface area (Å²) in [7, 11) is 6.48. The monoisotopic (exact) mass is 563 g/mol. The summed E-state index contributed by atoms with van der Waals surface area (Å²) in [6.07, 6.45) is 3.17. The van der Waals surface area contributed by atoms with Crippen molar-refractivity contribution in [3.63, 3.8) is 0 Å². The van der Waals surface area contributed by atoms with Gasteiger partial charge in [0, 0.05) is 37.4 Å². The summed E-state index contributed by atoms with van der Waals surface area (Å²) < 4.78 is 28.0. The minimum absolute atomic E-state index is 0.197. The molecule has 4 rings (SSSR count). The van der Waals surface area contributed by atoms with Gasteiger partial charge in [-0.2, -0.15) is 0 Å². The number of piperidine rings is 1. The predicted octanol–water partition coefficient (Wildman–Crippen LogP) is 6.19. The van der Waals surface area contributed by atoms with Gasteiger partial charge in [-0.05, 0) is 75.6 Å². The molecule has 1 aliphatic rings. The van der Waals surface area contributed by atoms with Gasteiger partial charge < -0.3 is 33.5 Å². The van der Waals surface area contributed by atoms with E-state index in [2.05, 4.69) is 22.0 Å². The molecule has 1 fully saturated rings. The lowest BCUT2D eigenvalue weighted by atomic mass is 10.0. The average molecular weight is 564 g/mol. The highest BCUT2D eigenvalue weighted by Crippen LogP contribution is 2.41. The maximum atomic E-state index is 12.7. The molecule has 0 bridgehead atoms. The van der Waals surface area contributed by atoms with Crippen molar-refractivity contribution in [1.82, 2.24) is 9.88 Å². The molecule has 2 heterocycles. The molecule has 3 aromatic rings. The summed E-state index contributed by atoms with van der Waals surface area (Å²) in [6, 6.07) is 16.2. The van der Waals surface area contributed by atoms with Gasteiger partial charge in [0.05, 0.1) is 39.8 Å². The number of anilines is 1. The van der Waals surface area contributed by atoms with Crippen LogP contribution in [0, 0.1) is 0 Å². The molecule has 0 atom stereocenters. The Morgan fingerprint density at radius 2 is 1.54 bits per heavy atom. The van der Waals surface area contributed by atoms with Gasteiger partial charge in [0.2, 0.25) is 5.75 Å². The van der Waals surface area contributed by atoms with Crippen LogP contribution in [0.4, 0.5) is 10.5 Å². The molecule has 9 nitrogen and oxygen atoms in total. The molecule has 2 aromatic carbocycles. The van der Waals surface area contributed by atoms with E-state index in [1.165, 1.54) is 0 Å². The number of benzene rings is 2. The van der Waals surface area contributed by atoms with Crippen LogP contribution in [-0.2, 0) is 11.3 Å². The molecule has 1 aromatic heterocycles. The predicted molar refractivity (Wildman–Crippen MR) is 159 cm³/mol. The summed E-state index contributed by atoms with van der Waals surface area (Å²) in [4.78, 5) is 21.5. The average Bonchev–Trinajstić information content (AvgIpc) is 2.98. The number of pyridine rings is 1. The summed E-state index contributed by atoms with van der Waals surface area (Å²) in [6.45, 7) is 7.56. The number of ether oxygens (including phenoxy) is 5. The van der Waals surface area contributed by atoms with E-state index in [1.807, 2.05) is 63.4 Å². The van der Waals surface area contributed by atoms with Gasteiger partial charge in [-0.15, -0.1) is 0 Å². The Labute approximate surface area is 242 Å². The highest BCUT2D eigenvalue weighted by Gasteiger charge is 2.31. The molecule has 1 aliphatic heterocycles. The fraction of sp³-hybridized carbons (Fsp3) is 0.438. The normalized spacial score (nSPS) is 13.9. The molecular weight excluding hydrogens is 522 g/mol. The number of nitrogens with zero attached hydrogens (tertiary/aromatic N) is 3. The van der Waals surface area contributed by atoms with Crippen LogP contribution in [0.15, 0.2) is 54.7 Å². The lowest BCUT2D eigenvalue weighted by Crippen LogP contribution is -2.48. The Hall–Kier alpha value is -4.14. The van der Waals surface area contributed by atoms with Crippen LogP contribution >= 0.6 is 0 Å². The van der Waals surface area contributed by atoms with Crippen LogP contribution in [0.25, 0.3) is 11.3 Å². The van der Waals surface area contributed by atoms with Crippen LogP contribution in [0.5, 0.6) is 23.0 Å². The molecular formula is C32H41N3O6. The minimum atomic E-state index is -0.519. The van der Waals surface area contributed by atoms with Gasteiger partial charge in [0.15, 0.2) is 11.5 Å². The second kappa shape index (κ2) is 13.0. The lowest BCUT2D eigenvalue weighted by Gasteiger charge is -2.40. The molecule has 0 N–H and O–H groups in total. The first-order valence-electron chi connectivity index (χ1n) is 13.8. The van der Waals surface area contributed by atoms with Gasteiger partial charge >= 0.3 is 6.09 Å². The summed E-state index contributed by atoms with van der Waals surface area (Å²) >= 11 is 0. The van der Waals surface area contributed by atoms with Crippen molar-refractivity contribution in [2.24, 2.45) is 0 Å². The third-order valence-corrected chi connectivity index (χ3v) is 7.09. The second-order valence-electron chi connectivity index (χ2n) is 11.0. The third-order valence-electron chi connectivity index (χ3n) is 7.09. The van der Waals surface area contributed by atoms with Crippen LogP contribution < -0.4 is 23.8 Å². The van der Waals surface area contributed by atoms with E-state index in [-0.39, 0.29) is 12.1 Å². The molecule has 1 saturated heterocycles. The zero-order valence-electron chi connectivity index (χ0n) is 25.1. The van der Waals surface area contributed by atoms with Crippen LogP contribution in [0.1, 0.15) is 39.2 Å². The molecule has 0 radical (unpaired) electrons. The number of rotatable bonds is 9. The standard InChI is InChI=1S/C32H41N3O6/c1-32(2,3)41-31(36)34-16-13-24(14-17-34)35(26-10-8-9-11-27(26)37-4)21-22-12-15-33-25(18-22)23-19-28(38-5)30(40-7)29(20-23)39-6/h8-12,15,18-20,24H,13-14,16-17,21H2,1-7H3. The molecule has 9 heteroatoms. The zero-order chi connectivity index (χ0) is 29.6. The first-order chi connectivity index (χ1) is 19.7. The van der Waals surface area contributed by atoms with E-state index in [1.54, 1.807) is 33.3 Å². The van der Waals surface area contributed by atoms with Crippen molar-refractivity contribution in [2.75, 3.05) is 46.4 Å². The number of aromatic nitrogens is 1. The van der Waals surface area contributed by atoms with Crippen LogP contribution in [-0.4, -0.2) is 69.1 Å². The Balaban J connectivity index is 1.62. The third kappa shape index (κ3) is 7.14. The van der Waals surface area contributed by atoms with Crippen molar-refractivity contribution in [3.8, 4) is 34.3 Å². The Morgan fingerprint density at radius 3 is 2.12 bits per heavy atom. The molecule has 0 aliphatic carbocycles. The first kappa shape index (κ1) is 29.8. The van der Waals surface area contributed by atoms with E-state index in [0.29, 0.717) is 36.9 Å². The van der Waals surface area contributed by atoms with Crippen molar-refractivity contribution in [2.45, 2.75) is 51.8 Å². The van der Waals surface area contributed by atoms with E-state index < -0.39 is 5.60 Å². The number of para-hydroxylation sites is 2. The summed E-state index contributed by atoms with van der Waals surface area (Å²) in [5.74, 6) is 2.49. The minimum Gasteiger partial charge on any atom is -0.495 e. The topological polar surface area (TPSA) is 82.6 Å². The second-order valence-corrected chi connectivity index (χ2v) is 11.0. The van der Waals surface area contributed by atoms with E-state index in [9.17, 15) is 4.79 Å². The smallest absolute Gasteiger partial charge is 0.410 e. The number of methoxy groups -OCH3 is 4. The largest absolute Gasteiger partial charge is 0.495 e. The maximum absolute atomic E-state index is 12.7. The molecule has 0 unspecified atom stereocenters. The highest BCUT2D eigenvalue weighted by molar-refractivity contribution is 5.70. The first-order valence-corrected chi connectivity index (χ1v) is 13.8. The fourth-order valence-corrected chi connectivity index (χ4v) is 5.12. The fourth-order valence-electron chi connectivity index (χ4n) is 5.12. The van der Waals surface area contributed by atoms with Gasteiger partial charge in [0.1, 0.15) is 11.4 Å². The van der Waals surface area contributed by atoms with Crippen LogP contribution in [0.3, 0.4) is 0 Å². The van der Waals surface area contributed by atoms with E-state index in [4.69, 9.17) is 23.7 Å². The molecule has 0 spiro atoms. The molecule has 220 valence electrons. The van der Waals surface area contributed by atoms with Gasteiger partial charge in [0.25, 0.3) is 0 Å². The quantitative estimate of drug-likeness (QED) is 0.305. The van der Waals surface area contributed by atoms with Crippen molar-refractivity contribution >= 4 is 11.8 Å². The number of likely N-dealkylation sites (tertiary alicyclic amines) is 1. The van der Waals surface area contributed by atoms with Gasteiger partial charge in [-0.25, -0.2) is 4.79 Å². The van der Waals surface area contributed by atoms with E-state index >= 15 is 0 Å². The Kier molecular flexibility index (Phi) is 9.47. The Bertz CT molecular complexity index is 1310. The van der Waals surface area contributed by atoms with Crippen LogP contribution in [0.2, 0.25) is 0 Å². The SMILES string of the molecule is COc1ccccc1N(Cc1ccnc(-c2cc(OC)c(OC)c(OC)c2)c1)C1CCN(C(=O)OC(C)(C)C)CC1. The number of hydrogen-bond acceptors (Lipinski definition) is 8. The summed E-state index contributed by atoms with van der Waals surface area (Å²) in [5, 5.41) is 0. The van der Waals surface area contributed by atoms with Crippen molar-refractivity contribution in [3.05, 3.63) is 60.3 Å². The zero-order valence-corrected chi connectivity index (χ0v) is 25.1. The van der Waals surface area contributed by atoms with E-state index in [0.717, 1.165) is 41.1 Å². The van der Waals surface area contributed by atoms with Crippen molar-refractivity contribution in [1.29, 1.82) is 0 Å². The molecule has 0 saturated carbocycles. The number of carbonyl (C=O) groups is 1. The number of carbonyl (C=O) groups excluding carboxylic acids is 1. The molecule has 1 amide bonds. The number of hydrogen-bond donors (Lipinski definition) is 0. The Morgan fingerprint density at radius 1 is 0.902 bits per heavy atom. The molecule has 41 heavy (non-hydrogen) atoms. The van der Waals surface area contributed by atoms with Gasteiger partial charge in [-0.1, -0.05) is 12.1 Å². The van der Waals surface area contributed by atoms with Crippen molar-refractivity contribution < 1.29 is 28.5 Å². The summed E-state index contributed by atoms with van der Waals surface area (Å²) in [5.41, 5.74) is 3.23. The lowest BCUT2D eigenvalue weighted by molar-refractivity contribution is 0.0204.